The fraction of sp³-hybridized carbons (Fsp3) is 0.200. The van der Waals surface area contributed by atoms with Gasteiger partial charge in [0.05, 0.1) is 11.6 Å². The normalized spacial score (nSPS) is 11.0. The zero-order valence-corrected chi connectivity index (χ0v) is 14.9. The fourth-order valence-corrected chi connectivity index (χ4v) is 2.12. The Kier molecular flexibility index (Phi) is 6.67. The molecule has 0 radical (unpaired) electrons. The molecule has 0 aromatic heterocycles. The molecule has 0 aliphatic rings. The summed E-state index contributed by atoms with van der Waals surface area (Å²) in [5.41, 5.74) is 1.38. The van der Waals surface area contributed by atoms with Crippen LogP contribution in [0.5, 0.6) is 5.75 Å². The van der Waals surface area contributed by atoms with Crippen LogP contribution >= 0.6 is 0 Å². The van der Waals surface area contributed by atoms with Crippen LogP contribution in [0.4, 0.5) is 5.69 Å². The monoisotopic (exact) mass is 366 g/mol. The number of carbonyl (C=O) groups is 3. The predicted octanol–water partition coefficient (Wildman–Crippen LogP) is 2.71. The molecule has 0 heterocycles. The van der Waals surface area contributed by atoms with E-state index in [0.717, 1.165) is 0 Å². The van der Waals surface area contributed by atoms with Gasteiger partial charge in [0.1, 0.15) is 5.75 Å². The van der Waals surface area contributed by atoms with Gasteiger partial charge in [-0.25, -0.2) is 4.79 Å². The molecule has 1 unspecified atom stereocenters. The van der Waals surface area contributed by atoms with Crippen LogP contribution in [0.1, 0.15) is 29.8 Å². The highest BCUT2D eigenvalue weighted by molar-refractivity contribution is 5.95. The van der Waals surface area contributed by atoms with Crippen molar-refractivity contribution in [1.29, 1.82) is 5.26 Å². The number of carbonyl (C=O) groups excluding carboxylic acids is 3. The third-order valence-corrected chi connectivity index (χ3v) is 3.55. The summed E-state index contributed by atoms with van der Waals surface area (Å²) in [5.74, 6) is -0.896. The molecule has 0 bridgehead atoms. The second kappa shape index (κ2) is 9.15. The Morgan fingerprint density at radius 1 is 1.15 bits per heavy atom. The van der Waals surface area contributed by atoms with E-state index in [0.29, 0.717) is 22.6 Å². The number of nitrogens with zero attached hydrogens (tertiary/aromatic N) is 1. The van der Waals surface area contributed by atoms with Gasteiger partial charge in [0.2, 0.25) is 0 Å². The molecule has 0 saturated heterocycles. The largest absolute Gasteiger partial charge is 0.482 e. The van der Waals surface area contributed by atoms with Crippen molar-refractivity contribution in [2.75, 3.05) is 11.9 Å². The van der Waals surface area contributed by atoms with Crippen molar-refractivity contribution in [2.24, 2.45) is 0 Å². The quantitative estimate of drug-likeness (QED) is 0.597. The molecule has 7 heteroatoms. The predicted molar refractivity (Wildman–Crippen MR) is 97.3 cm³/mol. The second-order valence-electron chi connectivity index (χ2n) is 5.68. The maximum atomic E-state index is 12.1. The van der Waals surface area contributed by atoms with Crippen molar-refractivity contribution in [1.82, 2.24) is 0 Å². The smallest absolute Gasteiger partial charge is 0.344 e. The molecule has 7 nitrogen and oxygen atoms in total. The first kappa shape index (κ1) is 19.7. The number of ether oxygens (including phenoxy) is 2. The van der Waals surface area contributed by atoms with Crippen LogP contribution in [0.2, 0.25) is 0 Å². The maximum absolute atomic E-state index is 12.1. The number of amides is 1. The number of anilines is 1. The van der Waals surface area contributed by atoms with E-state index in [4.69, 9.17) is 14.7 Å². The zero-order chi connectivity index (χ0) is 19.8. The Morgan fingerprint density at radius 2 is 1.85 bits per heavy atom. The number of ketones is 1. The van der Waals surface area contributed by atoms with Gasteiger partial charge in [-0.1, -0.05) is 6.07 Å². The lowest BCUT2D eigenvalue weighted by atomic mass is 10.1. The fourth-order valence-electron chi connectivity index (χ4n) is 2.12. The van der Waals surface area contributed by atoms with Crippen molar-refractivity contribution in [2.45, 2.75) is 20.0 Å². The van der Waals surface area contributed by atoms with Crippen molar-refractivity contribution in [3.8, 4) is 11.8 Å². The minimum absolute atomic E-state index is 0.0684. The number of esters is 1. The molecule has 0 saturated carbocycles. The van der Waals surface area contributed by atoms with Crippen molar-refractivity contribution >= 4 is 23.3 Å². The molecule has 0 aliphatic carbocycles. The van der Waals surface area contributed by atoms with Crippen LogP contribution in [0, 0.1) is 11.3 Å². The summed E-state index contributed by atoms with van der Waals surface area (Å²) >= 11 is 0. The van der Waals surface area contributed by atoms with Crippen molar-refractivity contribution < 1.29 is 23.9 Å². The highest BCUT2D eigenvalue weighted by atomic mass is 16.6. The number of hydrogen-bond acceptors (Lipinski definition) is 6. The van der Waals surface area contributed by atoms with Gasteiger partial charge in [-0.2, -0.15) is 5.26 Å². The summed E-state index contributed by atoms with van der Waals surface area (Å²) in [4.78, 5) is 35.1. The SMILES string of the molecule is CC(=O)c1ccc(OCC(=O)OC(C)C(=O)Nc2cccc(C#N)c2)cc1. The first-order valence-corrected chi connectivity index (χ1v) is 8.13. The third-order valence-electron chi connectivity index (χ3n) is 3.55. The number of rotatable bonds is 7. The average molecular weight is 366 g/mol. The Hall–Kier alpha value is -3.66. The topological polar surface area (TPSA) is 105 Å². The first-order valence-electron chi connectivity index (χ1n) is 8.13. The van der Waals surface area contributed by atoms with Gasteiger partial charge in [-0.3, -0.25) is 9.59 Å². The highest BCUT2D eigenvalue weighted by Gasteiger charge is 2.18. The Balaban J connectivity index is 1.82. The molecule has 27 heavy (non-hydrogen) atoms. The molecule has 0 spiro atoms. The van der Waals surface area contributed by atoms with Gasteiger partial charge in [0.15, 0.2) is 18.5 Å². The van der Waals surface area contributed by atoms with Gasteiger partial charge >= 0.3 is 5.97 Å². The molecule has 1 amide bonds. The molecule has 138 valence electrons. The van der Waals surface area contributed by atoms with E-state index in [2.05, 4.69) is 5.32 Å². The van der Waals surface area contributed by atoms with E-state index in [1.807, 2.05) is 6.07 Å². The Morgan fingerprint density at radius 3 is 2.48 bits per heavy atom. The van der Waals surface area contributed by atoms with E-state index >= 15 is 0 Å². The molecule has 2 aromatic rings. The summed E-state index contributed by atoms with van der Waals surface area (Å²) in [5, 5.41) is 11.4. The van der Waals surface area contributed by atoms with Crippen LogP contribution < -0.4 is 10.1 Å². The molecule has 1 atom stereocenters. The molecular formula is C20H18N2O5. The second-order valence-corrected chi connectivity index (χ2v) is 5.68. The number of Topliss-reactive ketones (excluding diaryl/α,β-unsaturated/α-hetero) is 1. The lowest BCUT2D eigenvalue weighted by Gasteiger charge is -2.14. The molecule has 0 fully saturated rings. The summed E-state index contributed by atoms with van der Waals surface area (Å²) < 4.78 is 10.3. The third kappa shape index (κ3) is 5.97. The van der Waals surface area contributed by atoms with Crippen LogP contribution in [0.3, 0.4) is 0 Å². The maximum Gasteiger partial charge on any atom is 0.344 e. The lowest BCUT2D eigenvalue weighted by Crippen LogP contribution is -2.31. The standard InChI is InChI=1S/C20H18N2O5/c1-13(23)16-6-8-18(9-7-16)26-12-19(24)27-14(2)20(25)22-17-5-3-4-15(10-17)11-21/h3-10,14H,12H2,1-2H3,(H,22,25). The number of nitrogens with one attached hydrogen (secondary N) is 1. The van der Waals surface area contributed by atoms with Gasteiger partial charge < -0.3 is 14.8 Å². The number of benzene rings is 2. The molecule has 2 aromatic carbocycles. The van der Waals surface area contributed by atoms with Crippen LogP contribution in [0.25, 0.3) is 0 Å². The molecule has 1 N–H and O–H groups in total. The lowest BCUT2D eigenvalue weighted by molar-refractivity contribution is -0.155. The van der Waals surface area contributed by atoms with Gasteiger partial charge in [-0.15, -0.1) is 0 Å². The minimum Gasteiger partial charge on any atom is -0.482 e. The number of nitriles is 1. The molecular weight excluding hydrogens is 348 g/mol. The van der Waals surface area contributed by atoms with Gasteiger partial charge in [0.25, 0.3) is 5.91 Å². The van der Waals surface area contributed by atoms with Crippen LogP contribution in [0.15, 0.2) is 48.5 Å². The van der Waals surface area contributed by atoms with Crippen LogP contribution in [-0.2, 0) is 14.3 Å². The summed E-state index contributed by atoms with van der Waals surface area (Å²) in [6, 6.07) is 14.7. The van der Waals surface area contributed by atoms with E-state index < -0.39 is 18.0 Å². The summed E-state index contributed by atoms with van der Waals surface area (Å²) in [6.07, 6.45) is -1.04. The minimum atomic E-state index is -1.04. The highest BCUT2D eigenvalue weighted by Crippen LogP contribution is 2.13. The molecule has 0 aliphatic heterocycles. The first-order chi connectivity index (χ1) is 12.9. The summed E-state index contributed by atoms with van der Waals surface area (Å²) in [7, 11) is 0. The van der Waals surface area contributed by atoms with E-state index in [1.54, 1.807) is 42.5 Å². The van der Waals surface area contributed by atoms with Crippen molar-refractivity contribution in [3.05, 3.63) is 59.7 Å². The van der Waals surface area contributed by atoms with Crippen molar-refractivity contribution in [3.63, 3.8) is 0 Å². The Bertz CT molecular complexity index is 884. The van der Waals surface area contributed by atoms with E-state index in [-0.39, 0.29) is 12.4 Å². The molecule has 2 rings (SSSR count). The number of hydrogen-bond donors (Lipinski definition) is 1. The van der Waals surface area contributed by atoms with Gasteiger partial charge in [-0.05, 0) is 56.3 Å². The Labute approximate surface area is 156 Å². The zero-order valence-electron chi connectivity index (χ0n) is 14.9. The van der Waals surface area contributed by atoms with E-state index in [1.165, 1.54) is 19.9 Å². The van der Waals surface area contributed by atoms with Gasteiger partial charge in [0, 0.05) is 11.3 Å². The average Bonchev–Trinajstić information content (AvgIpc) is 2.66. The summed E-state index contributed by atoms with van der Waals surface area (Å²) in [6.45, 7) is 2.51. The van der Waals surface area contributed by atoms with Crippen LogP contribution in [-0.4, -0.2) is 30.4 Å². The van der Waals surface area contributed by atoms with E-state index in [9.17, 15) is 14.4 Å².